The minimum Gasteiger partial charge on any atom is -0.491 e. The predicted molar refractivity (Wildman–Crippen MR) is 115 cm³/mol. The summed E-state index contributed by atoms with van der Waals surface area (Å²) < 4.78 is 10.6. The number of rotatable bonds is 9. The Morgan fingerprint density at radius 3 is 2.83 bits per heavy atom. The molecular weight excluding hydrogens is 410 g/mol. The third-order valence-electron chi connectivity index (χ3n) is 4.08. The lowest BCUT2D eigenvalue weighted by Crippen LogP contribution is -2.38. The van der Waals surface area contributed by atoms with E-state index in [-0.39, 0.29) is 12.6 Å². The predicted octanol–water partition coefficient (Wildman–Crippen LogP) is 2.60. The van der Waals surface area contributed by atoms with Crippen molar-refractivity contribution in [2.24, 2.45) is 0 Å². The number of hydrogen-bond acceptors (Lipinski definition) is 6. The van der Waals surface area contributed by atoms with Gasteiger partial charge in [-0.25, -0.2) is 9.59 Å². The molecule has 8 nitrogen and oxygen atoms in total. The Hall–Kier alpha value is -3.07. The van der Waals surface area contributed by atoms with E-state index < -0.39 is 11.7 Å². The molecule has 0 radical (unpaired) electrons. The quantitative estimate of drug-likeness (QED) is 0.306. The fourth-order valence-corrected chi connectivity index (χ4v) is 2.86. The summed E-state index contributed by atoms with van der Waals surface area (Å²) in [5.41, 5.74) is 0.675. The molecule has 3 rings (SSSR count). The van der Waals surface area contributed by atoms with Gasteiger partial charge in [-0.15, -0.1) is 0 Å². The number of hydrogen-bond donors (Lipinski definition) is 4. The zero-order chi connectivity index (χ0) is 21.3. The molecule has 158 valence electrons. The molecule has 30 heavy (non-hydrogen) atoms. The molecule has 4 N–H and O–H groups in total. The molecule has 0 fully saturated rings. The summed E-state index contributed by atoms with van der Waals surface area (Å²) in [6.07, 6.45) is -0.727. The summed E-state index contributed by atoms with van der Waals surface area (Å²) in [6, 6.07) is 14.6. The average Bonchev–Trinajstić information content (AvgIpc) is 2.72. The molecule has 0 bridgehead atoms. The minimum absolute atomic E-state index is 0.0952. The van der Waals surface area contributed by atoms with Crippen molar-refractivity contribution in [2.75, 3.05) is 31.6 Å². The van der Waals surface area contributed by atoms with Crippen LogP contribution in [-0.2, 0) is 0 Å². The van der Waals surface area contributed by atoms with Gasteiger partial charge in [0.25, 0.3) is 0 Å². The van der Waals surface area contributed by atoms with Crippen LogP contribution in [0.15, 0.2) is 63.8 Å². The zero-order valence-corrected chi connectivity index (χ0v) is 16.8. The summed E-state index contributed by atoms with van der Waals surface area (Å²) in [5, 5.41) is 19.7. The van der Waals surface area contributed by atoms with Crippen LogP contribution in [0.3, 0.4) is 0 Å². The summed E-state index contributed by atoms with van der Waals surface area (Å²) in [6.45, 7) is 1.27. The highest BCUT2D eigenvalue weighted by atomic mass is 35.5. The number of aliphatic hydroxyl groups excluding tert-OH is 1. The lowest BCUT2D eigenvalue weighted by Gasteiger charge is -2.14. The molecule has 3 aromatic rings. The first-order valence-corrected chi connectivity index (χ1v) is 9.73. The molecule has 0 aliphatic carbocycles. The highest BCUT2D eigenvalue weighted by molar-refractivity contribution is 6.30. The SMILES string of the molecule is O=C(NCCNCC(O)COc1ccc2oc(=O)ccc2c1)Nc1cccc(Cl)c1. The Labute approximate surface area is 177 Å². The smallest absolute Gasteiger partial charge is 0.336 e. The highest BCUT2D eigenvalue weighted by Gasteiger charge is 2.07. The number of benzene rings is 2. The van der Waals surface area contributed by atoms with Gasteiger partial charge in [0.2, 0.25) is 0 Å². The van der Waals surface area contributed by atoms with E-state index in [4.69, 9.17) is 20.8 Å². The molecule has 9 heteroatoms. The normalized spacial score (nSPS) is 11.8. The van der Waals surface area contributed by atoms with Gasteiger partial charge in [-0.05, 0) is 42.5 Å². The van der Waals surface area contributed by atoms with E-state index in [9.17, 15) is 14.7 Å². The van der Waals surface area contributed by atoms with Crippen molar-refractivity contribution < 1.29 is 19.1 Å². The fourth-order valence-electron chi connectivity index (χ4n) is 2.67. The van der Waals surface area contributed by atoms with Gasteiger partial charge >= 0.3 is 11.7 Å². The third kappa shape index (κ3) is 6.77. The molecular formula is C21H22ClN3O5. The van der Waals surface area contributed by atoms with E-state index >= 15 is 0 Å². The van der Waals surface area contributed by atoms with Crippen molar-refractivity contribution in [2.45, 2.75) is 6.10 Å². The van der Waals surface area contributed by atoms with Gasteiger partial charge in [-0.1, -0.05) is 17.7 Å². The lowest BCUT2D eigenvalue weighted by molar-refractivity contribution is 0.107. The standard InChI is InChI=1S/C21H22ClN3O5/c22-15-2-1-3-16(11-15)25-21(28)24-9-8-23-12-17(26)13-29-18-5-6-19-14(10-18)4-7-20(27)30-19/h1-7,10-11,17,23,26H,8-9,12-13H2,(H2,24,25,28). The van der Waals surface area contributed by atoms with Gasteiger partial charge in [0, 0.05) is 41.8 Å². The van der Waals surface area contributed by atoms with Gasteiger partial charge in [-0.3, -0.25) is 0 Å². The molecule has 1 atom stereocenters. The molecule has 1 aromatic heterocycles. The van der Waals surface area contributed by atoms with Crippen LogP contribution in [0.4, 0.5) is 10.5 Å². The summed E-state index contributed by atoms with van der Waals surface area (Å²) in [7, 11) is 0. The number of fused-ring (bicyclic) bond motifs is 1. The fraction of sp³-hybridized carbons (Fsp3) is 0.238. The van der Waals surface area contributed by atoms with E-state index in [1.165, 1.54) is 6.07 Å². The number of halogens is 1. The number of urea groups is 1. The van der Waals surface area contributed by atoms with Gasteiger partial charge in [0.05, 0.1) is 0 Å². The maximum Gasteiger partial charge on any atom is 0.336 e. The van der Waals surface area contributed by atoms with E-state index in [0.29, 0.717) is 41.7 Å². The Bertz CT molecular complexity index is 1060. The zero-order valence-electron chi connectivity index (χ0n) is 16.1. The first-order chi connectivity index (χ1) is 14.5. The molecule has 2 aromatic carbocycles. The van der Waals surface area contributed by atoms with Crippen LogP contribution in [0.1, 0.15) is 0 Å². The number of amides is 2. The summed E-state index contributed by atoms with van der Waals surface area (Å²) in [4.78, 5) is 23.0. The van der Waals surface area contributed by atoms with Crippen molar-refractivity contribution in [1.82, 2.24) is 10.6 Å². The van der Waals surface area contributed by atoms with Crippen LogP contribution in [0.2, 0.25) is 5.02 Å². The van der Waals surface area contributed by atoms with E-state index in [1.807, 2.05) is 0 Å². The van der Waals surface area contributed by atoms with Crippen molar-refractivity contribution >= 4 is 34.3 Å². The molecule has 1 heterocycles. The van der Waals surface area contributed by atoms with Gasteiger partial charge in [0.15, 0.2) is 0 Å². The number of aliphatic hydroxyl groups is 1. The van der Waals surface area contributed by atoms with Gasteiger partial charge < -0.3 is 30.2 Å². The first-order valence-electron chi connectivity index (χ1n) is 9.35. The van der Waals surface area contributed by atoms with Crippen molar-refractivity contribution in [3.8, 4) is 5.75 Å². The summed E-state index contributed by atoms with van der Waals surface area (Å²) in [5.74, 6) is 0.565. The van der Waals surface area contributed by atoms with Crippen LogP contribution in [0, 0.1) is 0 Å². The number of anilines is 1. The van der Waals surface area contributed by atoms with E-state index in [0.717, 1.165) is 5.39 Å². The number of nitrogens with one attached hydrogen (secondary N) is 3. The van der Waals surface area contributed by atoms with Crippen LogP contribution in [0.25, 0.3) is 11.0 Å². The second-order valence-corrected chi connectivity index (χ2v) is 6.95. The van der Waals surface area contributed by atoms with Gasteiger partial charge in [-0.2, -0.15) is 0 Å². The average molecular weight is 432 g/mol. The Balaban J connectivity index is 1.31. The van der Waals surface area contributed by atoms with E-state index in [1.54, 1.807) is 48.5 Å². The second kappa shape index (κ2) is 10.6. The molecule has 0 saturated heterocycles. The van der Waals surface area contributed by atoms with Gasteiger partial charge in [0.1, 0.15) is 24.0 Å². The molecule has 0 saturated carbocycles. The van der Waals surface area contributed by atoms with Crippen LogP contribution in [0.5, 0.6) is 5.75 Å². The van der Waals surface area contributed by atoms with Crippen LogP contribution in [-0.4, -0.2) is 43.5 Å². The number of carbonyl (C=O) groups is 1. The minimum atomic E-state index is -0.727. The largest absolute Gasteiger partial charge is 0.491 e. The second-order valence-electron chi connectivity index (χ2n) is 6.51. The Morgan fingerprint density at radius 1 is 1.13 bits per heavy atom. The van der Waals surface area contributed by atoms with E-state index in [2.05, 4.69) is 16.0 Å². The van der Waals surface area contributed by atoms with Crippen molar-refractivity contribution in [3.05, 3.63) is 70.0 Å². The lowest BCUT2D eigenvalue weighted by atomic mass is 10.2. The Kier molecular flexibility index (Phi) is 7.67. The first kappa shape index (κ1) is 21.6. The maximum atomic E-state index is 11.8. The highest BCUT2D eigenvalue weighted by Crippen LogP contribution is 2.19. The molecule has 0 aliphatic rings. The third-order valence-corrected chi connectivity index (χ3v) is 4.32. The van der Waals surface area contributed by atoms with Crippen LogP contribution >= 0.6 is 11.6 Å². The van der Waals surface area contributed by atoms with Crippen LogP contribution < -0.4 is 26.3 Å². The molecule has 1 unspecified atom stereocenters. The number of carbonyl (C=O) groups excluding carboxylic acids is 1. The monoisotopic (exact) mass is 431 g/mol. The van der Waals surface area contributed by atoms with Crippen molar-refractivity contribution in [1.29, 1.82) is 0 Å². The Morgan fingerprint density at radius 2 is 2.00 bits per heavy atom. The molecule has 0 spiro atoms. The molecule has 0 aliphatic heterocycles. The number of ether oxygens (including phenoxy) is 1. The van der Waals surface area contributed by atoms with Crippen molar-refractivity contribution in [3.63, 3.8) is 0 Å². The molecule has 2 amide bonds. The topological polar surface area (TPSA) is 113 Å². The summed E-state index contributed by atoms with van der Waals surface area (Å²) >= 11 is 5.87. The maximum absolute atomic E-state index is 11.8.